The highest BCUT2D eigenvalue weighted by Gasteiger charge is 2.25. The van der Waals surface area contributed by atoms with Gasteiger partial charge in [-0.1, -0.05) is 12.1 Å². The first-order valence-corrected chi connectivity index (χ1v) is 6.02. The van der Waals surface area contributed by atoms with Crippen LogP contribution in [0.25, 0.3) is 0 Å². The van der Waals surface area contributed by atoms with Crippen LogP contribution in [0.4, 0.5) is 4.39 Å². The van der Waals surface area contributed by atoms with Crippen molar-refractivity contribution in [2.75, 3.05) is 7.11 Å². The number of rotatable bonds is 5. The highest BCUT2D eigenvalue weighted by molar-refractivity contribution is 5.96. The van der Waals surface area contributed by atoms with Gasteiger partial charge >= 0.3 is 5.97 Å². The van der Waals surface area contributed by atoms with Gasteiger partial charge in [0.2, 0.25) is 0 Å². The molecule has 1 amide bonds. The van der Waals surface area contributed by atoms with Crippen LogP contribution in [0.15, 0.2) is 24.3 Å². The normalized spacial score (nSPS) is 12.9. The highest BCUT2D eigenvalue weighted by Crippen LogP contribution is 2.10. The molecule has 1 rings (SSSR count). The van der Waals surface area contributed by atoms with Crippen molar-refractivity contribution < 1.29 is 18.7 Å². The molecule has 0 saturated carbocycles. The molecule has 0 radical (unpaired) electrons. The molecule has 1 aromatic rings. The number of ether oxygens (including phenoxy) is 1. The van der Waals surface area contributed by atoms with Gasteiger partial charge in [0.05, 0.1) is 18.7 Å². The quantitative estimate of drug-likeness (QED) is 0.830. The van der Waals surface area contributed by atoms with Crippen LogP contribution >= 0.6 is 0 Å². The average Bonchev–Trinajstić information content (AvgIpc) is 2.45. The maximum absolute atomic E-state index is 13.5. The highest BCUT2D eigenvalue weighted by atomic mass is 19.1. The lowest BCUT2D eigenvalue weighted by atomic mass is 10.0. The average molecular weight is 278 g/mol. The fourth-order valence-electron chi connectivity index (χ4n) is 1.64. The maximum atomic E-state index is 13.5. The fourth-order valence-corrected chi connectivity index (χ4v) is 1.64. The molecule has 0 bridgehead atoms. The van der Waals surface area contributed by atoms with Gasteiger partial charge in [-0.3, -0.25) is 4.79 Å². The minimum Gasteiger partial charge on any atom is -0.467 e. The Balaban J connectivity index is 2.85. The monoisotopic (exact) mass is 278 g/mol. The number of methoxy groups -OCH3 is 1. The third-order valence-electron chi connectivity index (χ3n) is 2.72. The van der Waals surface area contributed by atoms with E-state index in [1.54, 1.807) is 6.92 Å². The molecule has 0 fully saturated rings. The van der Waals surface area contributed by atoms with Crippen LogP contribution in [0.2, 0.25) is 0 Å². The second-order valence-electron chi connectivity index (χ2n) is 4.29. The molecule has 0 aliphatic heterocycles. The summed E-state index contributed by atoms with van der Waals surface area (Å²) >= 11 is 0. The van der Waals surface area contributed by atoms with Gasteiger partial charge in [0.1, 0.15) is 11.9 Å². The molecule has 0 aliphatic carbocycles. The van der Waals surface area contributed by atoms with Crippen LogP contribution in [-0.4, -0.2) is 25.0 Å². The van der Waals surface area contributed by atoms with Gasteiger partial charge in [-0.2, -0.15) is 5.26 Å². The number of hydrogen-bond acceptors (Lipinski definition) is 4. The summed E-state index contributed by atoms with van der Waals surface area (Å²) < 4.78 is 18.0. The Kier molecular flexibility index (Phi) is 5.66. The molecule has 0 heterocycles. The molecular formula is C14H15FN2O3. The number of carbonyl (C=O) groups is 2. The van der Waals surface area contributed by atoms with Crippen molar-refractivity contribution in [3.05, 3.63) is 35.6 Å². The van der Waals surface area contributed by atoms with E-state index in [1.807, 2.05) is 6.07 Å². The summed E-state index contributed by atoms with van der Waals surface area (Å²) in [7, 11) is 1.18. The largest absolute Gasteiger partial charge is 0.467 e. The number of benzene rings is 1. The lowest BCUT2D eigenvalue weighted by Crippen LogP contribution is -2.42. The number of nitriles is 1. The van der Waals surface area contributed by atoms with E-state index in [0.717, 1.165) is 6.07 Å². The van der Waals surface area contributed by atoms with Gasteiger partial charge in [0, 0.05) is 5.92 Å². The fraction of sp³-hybridized carbons (Fsp3) is 0.357. The zero-order valence-corrected chi connectivity index (χ0v) is 11.2. The minimum absolute atomic E-state index is 0.101. The number of halogens is 1. The number of esters is 1. The van der Waals surface area contributed by atoms with Crippen LogP contribution in [0, 0.1) is 23.1 Å². The summed E-state index contributed by atoms with van der Waals surface area (Å²) in [6.45, 7) is 1.62. The summed E-state index contributed by atoms with van der Waals surface area (Å²) in [4.78, 5) is 23.5. The molecule has 1 aromatic carbocycles. The maximum Gasteiger partial charge on any atom is 0.328 e. The van der Waals surface area contributed by atoms with Crippen LogP contribution in [0.5, 0.6) is 0 Å². The lowest BCUT2D eigenvalue weighted by Gasteiger charge is -2.17. The van der Waals surface area contributed by atoms with E-state index < -0.39 is 29.7 Å². The molecular weight excluding hydrogens is 263 g/mol. The Morgan fingerprint density at radius 1 is 1.45 bits per heavy atom. The van der Waals surface area contributed by atoms with Gasteiger partial charge in [-0.05, 0) is 25.5 Å². The molecule has 0 aliphatic rings. The predicted molar refractivity (Wildman–Crippen MR) is 69.1 cm³/mol. The number of carbonyl (C=O) groups excluding carboxylic acids is 2. The van der Waals surface area contributed by atoms with Crippen LogP contribution in [0.1, 0.15) is 23.7 Å². The zero-order chi connectivity index (χ0) is 15.1. The van der Waals surface area contributed by atoms with Crippen molar-refractivity contribution in [1.82, 2.24) is 5.32 Å². The molecule has 0 spiro atoms. The summed E-state index contributed by atoms with van der Waals surface area (Å²) in [5.41, 5.74) is -0.161. The van der Waals surface area contributed by atoms with E-state index in [-0.39, 0.29) is 12.0 Å². The Bertz CT molecular complexity index is 539. The van der Waals surface area contributed by atoms with E-state index in [0.29, 0.717) is 0 Å². The van der Waals surface area contributed by atoms with E-state index in [1.165, 1.54) is 25.3 Å². The summed E-state index contributed by atoms with van der Waals surface area (Å²) in [6, 6.07) is 6.42. The smallest absolute Gasteiger partial charge is 0.328 e. The number of nitrogens with zero attached hydrogens (tertiary/aromatic N) is 1. The number of nitrogens with one attached hydrogen (secondary N) is 1. The minimum atomic E-state index is -0.984. The third-order valence-corrected chi connectivity index (χ3v) is 2.72. The van der Waals surface area contributed by atoms with E-state index >= 15 is 0 Å². The van der Waals surface area contributed by atoms with Gasteiger partial charge < -0.3 is 10.1 Å². The molecule has 0 unspecified atom stereocenters. The van der Waals surface area contributed by atoms with E-state index in [9.17, 15) is 14.0 Å². The summed E-state index contributed by atoms with van der Waals surface area (Å²) in [6.07, 6.45) is 0.101. The first kappa shape index (κ1) is 15.6. The lowest BCUT2D eigenvalue weighted by molar-refractivity contribution is -0.143. The van der Waals surface area contributed by atoms with Crippen molar-refractivity contribution in [1.29, 1.82) is 5.26 Å². The Labute approximate surface area is 116 Å². The molecule has 0 aromatic heterocycles. The van der Waals surface area contributed by atoms with Gasteiger partial charge in [-0.15, -0.1) is 0 Å². The van der Waals surface area contributed by atoms with Crippen molar-refractivity contribution in [2.24, 2.45) is 5.92 Å². The third kappa shape index (κ3) is 4.05. The number of hydrogen-bond donors (Lipinski definition) is 1. The Hall–Kier alpha value is -2.42. The van der Waals surface area contributed by atoms with E-state index in [4.69, 9.17) is 5.26 Å². The van der Waals surface area contributed by atoms with Crippen LogP contribution in [0.3, 0.4) is 0 Å². The molecule has 20 heavy (non-hydrogen) atoms. The molecule has 5 nitrogen and oxygen atoms in total. The first-order chi connectivity index (χ1) is 9.49. The molecule has 6 heteroatoms. The van der Waals surface area contributed by atoms with Crippen LogP contribution < -0.4 is 5.32 Å². The number of amides is 1. The van der Waals surface area contributed by atoms with Crippen molar-refractivity contribution >= 4 is 11.9 Å². The topological polar surface area (TPSA) is 79.2 Å². The SMILES string of the molecule is COC(=O)[C@H](C[C@@H](C)C#N)NC(=O)c1ccccc1F. The molecule has 0 saturated heterocycles. The Morgan fingerprint density at radius 3 is 2.65 bits per heavy atom. The zero-order valence-electron chi connectivity index (χ0n) is 11.2. The summed E-state index contributed by atoms with van der Waals surface area (Å²) in [5, 5.41) is 11.1. The van der Waals surface area contributed by atoms with Gasteiger partial charge in [0.15, 0.2) is 0 Å². The van der Waals surface area contributed by atoms with Crippen molar-refractivity contribution in [3.8, 4) is 6.07 Å². The molecule has 1 N–H and O–H groups in total. The standard InChI is InChI=1S/C14H15FN2O3/c1-9(8-16)7-12(14(19)20-2)17-13(18)10-5-3-4-6-11(10)15/h3-6,9,12H,7H2,1-2H3,(H,17,18)/t9-,12+/m1/s1. The second-order valence-corrected chi connectivity index (χ2v) is 4.29. The van der Waals surface area contributed by atoms with Crippen LogP contribution in [-0.2, 0) is 9.53 Å². The first-order valence-electron chi connectivity index (χ1n) is 6.02. The predicted octanol–water partition coefficient (Wildman–Crippen LogP) is 1.65. The van der Waals surface area contributed by atoms with E-state index in [2.05, 4.69) is 10.1 Å². The van der Waals surface area contributed by atoms with Crippen molar-refractivity contribution in [2.45, 2.75) is 19.4 Å². The van der Waals surface area contributed by atoms with Gasteiger partial charge in [-0.25, -0.2) is 9.18 Å². The van der Waals surface area contributed by atoms with Gasteiger partial charge in [0.25, 0.3) is 5.91 Å². The molecule has 2 atom stereocenters. The second kappa shape index (κ2) is 7.24. The van der Waals surface area contributed by atoms with Crippen molar-refractivity contribution in [3.63, 3.8) is 0 Å². The Morgan fingerprint density at radius 2 is 2.10 bits per heavy atom. The summed E-state index contributed by atoms with van der Waals surface area (Å²) in [5.74, 6) is -2.51. The molecule has 106 valence electrons.